The van der Waals surface area contributed by atoms with Gasteiger partial charge in [-0.3, -0.25) is 10.1 Å². The molecule has 0 amide bonds. The van der Waals surface area contributed by atoms with E-state index in [4.69, 9.17) is 5.84 Å². The Bertz CT molecular complexity index is 586. The fraction of sp³-hybridized carbons (Fsp3) is 0.333. The number of hydrogen-bond donors (Lipinski definition) is 2. The van der Waals surface area contributed by atoms with E-state index in [1.54, 1.807) is 13.8 Å². The normalized spacial score (nSPS) is 10.9. The van der Waals surface area contributed by atoms with Crippen molar-refractivity contribution >= 4 is 15.7 Å². The molecule has 0 radical (unpaired) electrons. The fourth-order valence-corrected chi connectivity index (χ4v) is 3.11. The number of quaternary nitrogens is 1. The monoisotopic (exact) mass is 295 g/mol. The van der Waals surface area contributed by atoms with Crippen LogP contribution >= 0.6 is 0 Å². The fourth-order valence-electron chi connectivity index (χ4n) is 1.94. The second-order valence-corrected chi connectivity index (χ2v) is 5.52. The lowest BCUT2D eigenvalue weighted by atomic mass is 10.1. The lowest BCUT2D eigenvalue weighted by Crippen LogP contribution is -3.00. The van der Waals surface area contributed by atoms with Crippen molar-refractivity contribution in [1.82, 2.24) is 0 Å². The molecule has 1 rings (SSSR count). The van der Waals surface area contributed by atoms with Gasteiger partial charge in [-0.2, -0.15) is 19.1 Å². The third-order valence-corrected chi connectivity index (χ3v) is 4.06. The largest absolute Gasteiger partial charge is 1.00 e. The van der Waals surface area contributed by atoms with Gasteiger partial charge in [0.2, 0.25) is 0 Å². The number of aryl methyl sites for hydroxylation is 2. The smallest absolute Gasteiger partial charge is 0.342 e. The van der Waals surface area contributed by atoms with E-state index < -0.39 is 14.9 Å². The second-order valence-electron chi connectivity index (χ2n) is 3.75. The first-order chi connectivity index (χ1) is 7.72. The molecule has 0 saturated carbocycles. The number of nitro benzene ring substituents is 1. The van der Waals surface area contributed by atoms with Gasteiger partial charge in [0, 0.05) is 5.56 Å². The van der Waals surface area contributed by atoms with Crippen molar-refractivity contribution in [3.05, 3.63) is 32.9 Å². The van der Waals surface area contributed by atoms with Crippen LogP contribution in [0.3, 0.4) is 0 Å². The minimum absolute atomic E-state index is 0. The van der Waals surface area contributed by atoms with Crippen molar-refractivity contribution in [3.63, 3.8) is 0 Å². The van der Waals surface area contributed by atoms with Crippen LogP contribution in [0.2, 0.25) is 0 Å². The Morgan fingerprint density at radius 1 is 1.28 bits per heavy atom. The third-order valence-electron chi connectivity index (χ3n) is 2.51. The Hall–Kier alpha value is -1.22. The van der Waals surface area contributed by atoms with E-state index in [1.165, 1.54) is 13.0 Å². The van der Waals surface area contributed by atoms with E-state index in [2.05, 4.69) is 0 Å². The van der Waals surface area contributed by atoms with Crippen LogP contribution in [0.4, 0.5) is 5.69 Å². The maximum atomic E-state index is 11.7. The summed E-state index contributed by atoms with van der Waals surface area (Å²) in [4.78, 5) is 10.8. The third kappa shape index (κ3) is 2.78. The van der Waals surface area contributed by atoms with Crippen molar-refractivity contribution in [3.8, 4) is 0 Å². The molecule has 7 nitrogen and oxygen atoms in total. The van der Waals surface area contributed by atoms with Crippen LogP contribution in [-0.4, -0.2) is 13.3 Å². The zero-order valence-electron chi connectivity index (χ0n) is 10.1. The number of primary sulfonamides is 1. The maximum Gasteiger partial charge on any atom is 0.342 e. The standard InChI is InChI=1S/C9H13N3O4S.ClH/c1-5-4-6(2)9(17(15,16)11-10)7(3)8(5)12(13)14;/h4,11H,10H2,1-3H3;1H. The number of nitrogens with two attached hydrogens (primary N) is 2. The molecule has 0 fully saturated rings. The molecule has 0 saturated heterocycles. The molecule has 1 aromatic rings. The minimum atomic E-state index is -3.78. The summed E-state index contributed by atoms with van der Waals surface area (Å²) in [5.41, 5.74) is 0.818. The van der Waals surface area contributed by atoms with E-state index in [0.29, 0.717) is 16.0 Å². The van der Waals surface area contributed by atoms with E-state index >= 15 is 0 Å². The molecule has 0 aliphatic carbocycles. The number of sulfonamides is 1. The van der Waals surface area contributed by atoms with Crippen molar-refractivity contribution in [2.45, 2.75) is 25.7 Å². The maximum absolute atomic E-state index is 11.7. The average molecular weight is 296 g/mol. The lowest BCUT2D eigenvalue weighted by molar-refractivity contribution is -0.509. The Balaban J connectivity index is 0.00000289. The van der Waals surface area contributed by atoms with E-state index in [-0.39, 0.29) is 28.6 Å². The molecule has 0 aromatic heterocycles. The van der Waals surface area contributed by atoms with E-state index in [9.17, 15) is 18.5 Å². The van der Waals surface area contributed by atoms with Gasteiger partial charge in [-0.05, 0) is 32.4 Å². The summed E-state index contributed by atoms with van der Waals surface area (Å²) >= 11 is 0. The van der Waals surface area contributed by atoms with Gasteiger partial charge in [-0.1, -0.05) is 0 Å². The van der Waals surface area contributed by atoms with Crippen molar-refractivity contribution in [2.75, 3.05) is 0 Å². The zero-order valence-corrected chi connectivity index (χ0v) is 11.7. The average Bonchev–Trinajstić information content (AvgIpc) is 2.15. The molecule has 4 N–H and O–H groups in total. The predicted molar refractivity (Wildman–Crippen MR) is 60.6 cm³/mol. The van der Waals surface area contributed by atoms with Gasteiger partial charge in [0.15, 0.2) is 0 Å². The Morgan fingerprint density at radius 3 is 2.17 bits per heavy atom. The molecule has 0 atom stereocenters. The topological polar surface area (TPSA) is 120 Å². The predicted octanol–water partition coefficient (Wildman–Crippen LogP) is -3.35. The van der Waals surface area contributed by atoms with Gasteiger partial charge in [0.05, 0.1) is 10.5 Å². The van der Waals surface area contributed by atoms with Crippen molar-refractivity contribution < 1.29 is 30.6 Å². The quantitative estimate of drug-likeness (QED) is 0.343. The summed E-state index contributed by atoms with van der Waals surface area (Å²) < 4.78 is 23.5. The van der Waals surface area contributed by atoms with Crippen molar-refractivity contribution in [1.29, 1.82) is 0 Å². The van der Waals surface area contributed by atoms with E-state index in [1.807, 2.05) is 0 Å². The molecule has 0 aliphatic rings. The first-order valence-corrected chi connectivity index (χ1v) is 6.32. The molecule has 0 spiro atoms. The highest BCUT2D eigenvalue weighted by atomic mass is 35.5. The molecule has 0 bridgehead atoms. The Labute approximate surface area is 111 Å². The summed E-state index contributed by atoms with van der Waals surface area (Å²) in [5, 5.41) is 10.9. The SMILES string of the molecule is Cc1cc(C)c(S(=O)(=O)[NH2+]N)c(C)c1[N+](=O)[O-].[Cl-]. The highest BCUT2D eigenvalue weighted by Crippen LogP contribution is 2.30. The number of rotatable bonds is 3. The Kier molecular flexibility index (Phi) is 5.23. The highest BCUT2D eigenvalue weighted by Gasteiger charge is 2.29. The molecule has 0 aliphatic heterocycles. The molecule has 0 unspecified atom stereocenters. The molecule has 18 heavy (non-hydrogen) atoms. The number of hydrogen-bond acceptors (Lipinski definition) is 5. The first-order valence-electron chi connectivity index (χ1n) is 4.77. The van der Waals surface area contributed by atoms with Crippen LogP contribution < -0.4 is 23.1 Å². The highest BCUT2D eigenvalue weighted by molar-refractivity contribution is 7.84. The van der Waals surface area contributed by atoms with Gasteiger partial charge in [-0.15, -0.1) is 0 Å². The van der Waals surface area contributed by atoms with Gasteiger partial charge in [0.25, 0.3) is 5.69 Å². The van der Waals surface area contributed by atoms with Crippen LogP contribution in [0.1, 0.15) is 16.7 Å². The van der Waals surface area contributed by atoms with Gasteiger partial charge in [-0.25, -0.2) is 0 Å². The molecular weight excluding hydrogens is 282 g/mol. The van der Waals surface area contributed by atoms with E-state index in [0.717, 1.165) is 0 Å². The summed E-state index contributed by atoms with van der Waals surface area (Å²) in [6.07, 6.45) is 0. The molecule has 1 aromatic carbocycles. The number of benzene rings is 1. The lowest BCUT2D eigenvalue weighted by Gasteiger charge is -2.09. The minimum Gasteiger partial charge on any atom is -1.00 e. The summed E-state index contributed by atoms with van der Waals surface area (Å²) in [6.45, 7) is 4.56. The molecule has 0 heterocycles. The van der Waals surface area contributed by atoms with Gasteiger partial charge < -0.3 is 12.4 Å². The van der Waals surface area contributed by atoms with Gasteiger partial charge in [0.1, 0.15) is 4.90 Å². The second kappa shape index (κ2) is 5.61. The van der Waals surface area contributed by atoms with Crippen LogP contribution in [-0.2, 0) is 10.0 Å². The number of halogens is 1. The molecule has 102 valence electrons. The summed E-state index contributed by atoms with van der Waals surface area (Å²) in [5.74, 6) is 5.06. The Morgan fingerprint density at radius 2 is 1.78 bits per heavy atom. The number of nitro groups is 1. The molecule has 9 heteroatoms. The van der Waals surface area contributed by atoms with Crippen LogP contribution in [0.5, 0.6) is 0 Å². The van der Waals surface area contributed by atoms with Crippen LogP contribution in [0, 0.1) is 30.9 Å². The summed E-state index contributed by atoms with van der Waals surface area (Å²) in [6, 6.07) is 1.47. The summed E-state index contributed by atoms with van der Waals surface area (Å²) in [7, 11) is -3.78. The first kappa shape index (κ1) is 16.8. The van der Waals surface area contributed by atoms with Crippen LogP contribution in [0.25, 0.3) is 0 Å². The number of nitrogens with zero attached hydrogens (tertiary/aromatic N) is 1. The van der Waals surface area contributed by atoms with Crippen LogP contribution in [0.15, 0.2) is 11.0 Å². The van der Waals surface area contributed by atoms with Gasteiger partial charge >= 0.3 is 10.0 Å². The zero-order chi connectivity index (χ0) is 13.4. The van der Waals surface area contributed by atoms with Crippen molar-refractivity contribution in [2.24, 2.45) is 5.84 Å². The molecular formula is C9H14ClN3O4S.